The van der Waals surface area contributed by atoms with E-state index in [1.165, 1.54) is 186 Å². The van der Waals surface area contributed by atoms with Crippen LogP contribution in [0.2, 0.25) is 0 Å². The van der Waals surface area contributed by atoms with E-state index in [1.54, 1.807) is 0 Å². The molecular formula is C69H122O6. The van der Waals surface area contributed by atoms with Crippen LogP contribution in [0.3, 0.4) is 0 Å². The van der Waals surface area contributed by atoms with Crippen molar-refractivity contribution in [2.75, 3.05) is 13.2 Å². The van der Waals surface area contributed by atoms with Crippen molar-refractivity contribution >= 4 is 17.9 Å². The Hall–Kier alpha value is -3.15. The van der Waals surface area contributed by atoms with Crippen molar-refractivity contribution in [2.45, 2.75) is 335 Å². The van der Waals surface area contributed by atoms with E-state index in [2.05, 4.69) is 93.7 Å². The molecule has 0 spiro atoms. The molecule has 0 aromatic carbocycles. The summed E-state index contributed by atoms with van der Waals surface area (Å²) >= 11 is 0. The van der Waals surface area contributed by atoms with Gasteiger partial charge < -0.3 is 14.2 Å². The molecule has 0 radical (unpaired) electrons. The summed E-state index contributed by atoms with van der Waals surface area (Å²) in [7, 11) is 0. The van der Waals surface area contributed by atoms with Gasteiger partial charge in [0.15, 0.2) is 6.10 Å². The molecule has 0 heterocycles. The highest BCUT2D eigenvalue weighted by Crippen LogP contribution is 2.17. The van der Waals surface area contributed by atoms with Crippen molar-refractivity contribution in [3.63, 3.8) is 0 Å². The second-order valence-electron chi connectivity index (χ2n) is 21.6. The van der Waals surface area contributed by atoms with Crippen molar-refractivity contribution in [2.24, 2.45) is 0 Å². The quantitative estimate of drug-likeness (QED) is 0.0261. The molecule has 1 unspecified atom stereocenters. The molecule has 0 aliphatic carbocycles. The van der Waals surface area contributed by atoms with E-state index in [1.807, 2.05) is 0 Å². The minimum atomic E-state index is -0.787. The van der Waals surface area contributed by atoms with Gasteiger partial charge in [-0.3, -0.25) is 14.4 Å². The second-order valence-corrected chi connectivity index (χ2v) is 21.6. The van der Waals surface area contributed by atoms with Crippen LogP contribution < -0.4 is 0 Å². The zero-order chi connectivity index (χ0) is 54.3. The van der Waals surface area contributed by atoms with Crippen LogP contribution in [0.1, 0.15) is 329 Å². The number of hydrogen-bond donors (Lipinski definition) is 0. The zero-order valence-electron chi connectivity index (χ0n) is 49.8. The topological polar surface area (TPSA) is 78.9 Å². The largest absolute Gasteiger partial charge is 0.462 e. The Bertz CT molecular complexity index is 1390. The van der Waals surface area contributed by atoms with Gasteiger partial charge in [-0.05, 0) is 89.9 Å². The van der Waals surface area contributed by atoms with Crippen LogP contribution >= 0.6 is 0 Å². The molecule has 1 atom stereocenters. The van der Waals surface area contributed by atoms with Crippen LogP contribution in [0.5, 0.6) is 0 Å². The van der Waals surface area contributed by atoms with Crippen LogP contribution in [0, 0.1) is 0 Å². The molecule has 0 amide bonds. The van der Waals surface area contributed by atoms with Gasteiger partial charge in [-0.1, -0.05) is 293 Å². The van der Waals surface area contributed by atoms with E-state index >= 15 is 0 Å². The summed E-state index contributed by atoms with van der Waals surface area (Å²) in [6.07, 6.45) is 82.0. The minimum Gasteiger partial charge on any atom is -0.462 e. The molecule has 0 aliphatic heterocycles. The Morgan fingerprint density at radius 1 is 0.280 bits per heavy atom. The number of carbonyl (C=O) groups excluding carboxylic acids is 3. The lowest BCUT2D eigenvalue weighted by Crippen LogP contribution is -2.30. The standard InChI is InChI=1S/C69H122O6/c1-4-7-10-13-16-19-22-25-27-29-30-31-32-33-34-35-36-37-38-40-41-44-47-50-53-56-59-62-68(71)74-65-66(64-73-67(70)61-58-55-52-49-46-43-24-21-18-15-12-9-6-3)75-69(72)63-60-57-54-51-48-45-42-39-28-26-23-20-17-14-11-8-5-2/h8,11,17,20,22,25-26,28-30,42,45,66H,4-7,9-10,12-16,18-19,21,23-24,27,31-41,43-44,46-65H2,1-3H3/b11-8-,20-17-,25-22-,28-26-,30-29-,45-42-. The fourth-order valence-electron chi connectivity index (χ4n) is 9.35. The van der Waals surface area contributed by atoms with E-state index in [-0.39, 0.29) is 31.1 Å². The highest BCUT2D eigenvalue weighted by atomic mass is 16.6. The predicted octanol–water partition coefficient (Wildman–Crippen LogP) is 22.1. The van der Waals surface area contributed by atoms with Gasteiger partial charge in [0.05, 0.1) is 0 Å². The third-order valence-corrected chi connectivity index (χ3v) is 14.2. The van der Waals surface area contributed by atoms with Crippen LogP contribution in [0.25, 0.3) is 0 Å². The Morgan fingerprint density at radius 3 is 0.813 bits per heavy atom. The van der Waals surface area contributed by atoms with E-state index in [0.717, 1.165) is 103 Å². The van der Waals surface area contributed by atoms with Gasteiger partial charge in [-0.2, -0.15) is 0 Å². The maximum absolute atomic E-state index is 12.9. The first-order valence-electron chi connectivity index (χ1n) is 32.4. The maximum atomic E-state index is 12.9. The van der Waals surface area contributed by atoms with Crippen LogP contribution in [-0.4, -0.2) is 37.2 Å². The number of ether oxygens (including phenoxy) is 3. The van der Waals surface area contributed by atoms with Gasteiger partial charge in [-0.25, -0.2) is 0 Å². The van der Waals surface area contributed by atoms with Gasteiger partial charge >= 0.3 is 17.9 Å². The Morgan fingerprint density at radius 2 is 0.520 bits per heavy atom. The summed E-state index contributed by atoms with van der Waals surface area (Å²) in [5, 5.41) is 0. The lowest BCUT2D eigenvalue weighted by Gasteiger charge is -2.18. The van der Waals surface area contributed by atoms with Gasteiger partial charge in [0.25, 0.3) is 0 Å². The molecule has 0 fully saturated rings. The maximum Gasteiger partial charge on any atom is 0.306 e. The van der Waals surface area contributed by atoms with E-state index in [4.69, 9.17) is 14.2 Å². The van der Waals surface area contributed by atoms with Crippen molar-refractivity contribution < 1.29 is 28.6 Å². The van der Waals surface area contributed by atoms with Crippen molar-refractivity contribution in [1.82, 2.24) is 0 Å². The normalized spacial score (nSPS) is 12.5. The SMILES string of the molecule is CC/C=C\C/C=C\C/C=C\C/C=C\CCCCCCC(=O)OC(COC(=O)CCCCCCCCCCCCCCC)COC(=O)CCCCCCCCCCCCCCCCC/C=C\C/C=C\CCCCCCC. The Kier molecular flexibility index (Phi) is 60.7. The van der Waals surface area contributed by atoms with E-state index in [0.29, 0.717) is 19.3 Å². The lowest BCUT2D eigenvalue weighted by atomic mass is 10.0. The third kappa shape index (κ3) is 61.6. The molecular weight excluding hydrogens is 925 g/mol. The Balaban J connectivity index is 4.26. The molecule has 6 nitrogen and oxygen atoms in total. The third-order valence-electron chi connectivity index (χ3n) is 14.2. The average molecular weight is 1050 g/mol. The summed E-state index contributed by atoms with van der Waals surface area (Å²) in [6.45, 7) is 6.53. The van der Waals surface area contributed by atoms with Crippen LogP contribution in [0.15, 0.2) is 72.9 Å². The Labute approximate surface area is 465 Å². The lowest BCUT2D eigenvalue weighted by molar-refractivity contribution is -0.167. The van der Waals surface area contributed by atoms with Crippen molar-refractivity contribution in [1.29, 1.82) is 0 Å². The summed E-state index contributed by atoms with van der Waals surface area (Å²) in [5.74, 6) is -0.890. The summed E-state index contributed by atoms with van der Waals surface area (Å²) in [6, 6.07) is 0. The molecule has 0 aliphatic rings. The first-order valence-corrected chi connectivity index (χ1v) is 32.4. The molecule has 6 heteroatoms. The highest BCUT2D eigenvalue weighted by Gasteiger charge is 2.19. The molecule has 0 bridgehead atoms. The highest BCUT2D eigenvalue weighted by molar-refractivity contribution is 5.71. The molecule has 0 saturated heterocycles. The fraction of sp³-hybridized carbons (Fsp3) is 0.783. The molecule has 434 valence electrons. The monoisotopic (exact) mass is 1050 g/mol. The predicted molar refractivity (Wildman–Crippen MR) is 325 cm³/mol. The summed E-state index contributed by atoms with van der Waals surface area (Å²) < 4.78 is 16.9. The number of rotatable bonds is 59. The van der Waals surface area contributed by atoms with Crippen LogP contribution in [0.4, 0.5) is 0 Å². The number of esters is 3. The molecule has 0 aromatic heterocycles. The van der Waals surface area contributed by atoms with Crippen LogP contribution in [-0.2, 0) is 28.6 Å². The average Bonchev–Trinajstić information content (AvgIpc) is 3.41. The van der Waals surface area contributed by atoms with Crippen molar-refractivity contribution in [3.05, 3.63) is 72.9 Å². The first-order chi connectivity index (χ1) is 37.0. The summed E-state index contributed by atoms with van der Waals surface area (Å²) in [4.78, 5) is 38.3. The molecule has 0 rings (SSSR count). The fourth-order valence-corrected chi connectivity index (χ4v) is 9.35. The van der Waals surface area contributed by atoms with Gasteiger partial charge in [0.2, 0.25) is 0 Å². The molecule has 0 saturated carbocycles. The van der Waals surface area contributed by atoms with Gasteiger partial charge in [-0.15, -0.1) is 0 Å². The van der Waals surface area contributed by atoms with Crippen molar-refractivity contribution in [3.8, 4) is 0 Å². The van der Waals surface area contributed by atoms with Gasteiger partial charge in [0, 0.05) is 19.3 Å². The molecule has 75 heavy (non-hydrogen) atoms. The molecule has 0 N–H and O–H groups in total. The van der Waals surface area contributed by atoms with E-state index < -0.39 is 6.10 Å². The zero-order valence-corrected chi connectivity index (χ0v) is 49.8. The minimum absolute atomic E-state index is 0.0819. The number of hydrogen-bond acceptors (Lipinski definition) is 6. The first kappa shape index (κ1) is 71.8. The smallest absolute Gasteiger partial charge is 0.306 e. The number of carbonyl (C=O) groups is 3. The number of allylic oxidation sites excluding steroid dienone is 12. The second kappa shape index (κ2) is 63.4. The summed E-state index contributed by atoms with van der Waals surface area (Å²) in [5.41, 5.74) is 0. The van der Waals surface area contributed by atoms with E-state index in [9.17, 15) is 14.4 Å². The molecule has 0 aromatic rings. The van der Waals surface area contributed by atoms with Gasteiger partial charge in [0.1, 0.15) is 13.2 Å². The number of unbranched alkanes of at least 4 members (excludes halogenated alkanes) is 36.